The van der Waals surface area contributed by atoms with Gasteiger partial charge in [0.25, 0.3) is 6.47 Å². The summed E-state index contributed by atoms with van der Waals surface area (Å²) in [5.74, 6) is 0. The number of methoxy groups -OCH3 is 1. The Morgan fingerprint density at radius 2 is 2.15 bits per heavy atom. The van der Waals surface area contributed by atoms with Crippen molar-refractivity contribution in [2.45, 2.75) is 37.5 Å². The van der Waals surface area contributed by atoms with Gasteiger partial charge in [-0.2, -0.15) is 12.6 Å². The zero-order valence-electron chi connectivity index (χ0n) is 8.23. The molecule has 3 nitrogen and oxygen atoms in total. The van der Waals surface area contributed by atoms with E-state index in [1.165, 1.54) is 0 Å². The van der Waals surface area contributed by atoms with Gasteiger partial charge in [0.05, 0.1) is 12.7 Å². The highest BCUT2D eigenvalue weighted by atomic mass is 32.1. The molecule has 0 aliphatic carbocycles. The van der Waals surface area contributed by atoms with E-state index in [9.17, 15) is 4.79 Å². The summed E-state index contributed by atoms with van der Waals surface area (Å²) in [7, 11) is 1.69. The molecule has 0 bridgehead atoms. The normalized spacial score (nSPS) is 15.0. The molecular formula is C9H18O3S. The summed E-state index contributed by atoms with van der Waals surface area (Å²) in [4.78, 5) is 9.81. The minimum absolute atomic E-state index is 0.194. The van der Waals surface area contributed by atoms with Crippen LogP contribution in [0.1, 0.15) is 26.2 Å². The third-order valence-corrected chi connectivity index (χ3v) is 2.24. The predicted molar refractivity (Wildman–Crippen MR) is 55.1 cm³/mol. The molecule has 0 N–H and O–H groups in total. The summed E-state index contributed by atoms with van der Waals surface area (Å²) in [6.45, 7) is 3.00. The van der Waals surface area contributed by atoms with Gasteiger partial charge in [0.1, 0.15) is 0 Å². The van der Waals surface area contributed by atoms with Crippen LogP contribution in [0.2, 0.25) is 0 Å². The maximum atomic E-state index is 9.81. The number of unbranched alkanes of at least 4 members (excludes halogenated alkanes) is 1. The Labute approximate surface area is 85.2 Å². The van der Waals surface area contributed by atoms with Crippen molar-refractivity contribution in [1.82, 2.24) is 0 Å². The van der Waals surface area contributed by atoms with Crippen LogP contribution in [0.3, 0.4) is 0 Å². The van der Waals surface area contributed by atoms with Crippen molar-refractivity contribution in [3.8, 4) is 0 Å². The molecule has 0 aromatic carbocycles. The summed E-state index contributed by atoms with van der Waals surface area (Å²) in [6, 6.07) is 0. The minimum Gasteiger partial charge on any atom is -0.468 e. The highest BCUT2D eigenvalue weighted by Gasteiger charge is 2.11. The summed E-state index contributed by atoms with van der Waals surface area (Å²) in [5, 5.41) is 0.247. The molecular weight excluding hydrogens is 188 g/mol. The van der Waals surface area contributed by atoms with E-state index >= 15 is 0 Å². The van der Waals surface area contributed by atoms with Gasteiger partial charge in [-0.25, -0.2) is 0 Å². The maximum Gasteiger partial charge on any atom is 0.293 e. The molecule has 2 atom stereocenters. The Balaban J connectivity index is 3.33. The molecule has 78 valence electrons. The van der Waals surface area contributed by atoms with Crippen LogP contribution < -0.4 is 0 Å². The first kappa shape index (κ1) is 12.8. The number of hydrogen-bond acceptors (Lipinski definition) is 4. The highest BCUT2D eigenvalue weighted by molar-refractivity contribution is 7.81. The monoisotopic (exact) mass is 206 g/mol. The molecule has 0 spiro atoms. The molecule has 0 radical (unpaired) electrons. The van der Waals surface area contributed by atoms with Crippen molar-refractivity contribution in [1.29, 1.82) is 0 Å². The molecule has 0 saturated heterocycles. The first-order chi connectivity index (χ1) is 6.22. The number of thiol groups is 1. The summed E-state index contributed by atoms with van der Waals surface area (Å²) in [5.41, 5.74) is 0. The van der Waals surface area contributed by atoms with Crippen LogP contribution in [0, 0.1) is 0 Å². The Morgan fingerprint density at radius 3 is 2.62 bits per heavy atom. The Bertz CT molecular complexity index is 128. The second-order valence-electron chi connectivity index (χ2n) is 2.98. The molecule has 2 unspecified atom stereocenters. The largest absolute Gasteiger partial charge is 0.468 e. The van der Waals surface area contributed by atoms with Gasteiger partial charge in [-0.1, -0.05) is 6.92 Å². The highest BCUT2D eigenvalue weighted by Crippen LogP contribution is 2.12. The second-order valence-corrected chi connectivity index (χ2v) is 3.79. The van der Waals surface area contributed by atoms with Crippen LogP contribution in [-0.2, 0) is 14.3 Å². The zero-order valence-corrected chi connectivity index (χ0v) is 9.13. The number of carbonyl (C=O) groups excluding carboxylic acids is 1. The van der Waals surface area contributed by atoms with Crippen molar-refractivity contribution < 1.29 is 14.3 Å². The molecule has 0 saturated carbocycles. The molecule has 0 heterocycles. The van der Waals surface area contributed by atoms with Gasteiger partial charge >= 0.3 is 0 Å². The fourth-order valence-corrected chi connectivity index (χ4v) is 1.41. The number of ether oxygens (including phenoxy) is 2. The van der Waals surface area contributed by atoms with Crippen LogP contribution in [0.25, 0.3) is 0 Å². The number of rotatable bonds is 8. The molecule has 0 amide bonds. The van der Waals surface area contributed by atoms with Crippen LogP contribution in [0.4, 0.5) is 0 Å². The van der Waals surface area contributed by atoms with Crippen molar-refractivity contribution in [2.75, 3.05) is 13.7 Å². The third-order valence-electron chi connectivity index (χ3n) is 1.91. The minimum atomic E-state index is 0.194. The van der Waals surface area contributed by atoms with E-state index in [0.717, 1.165) is 19.3 Å². The Morgan fingerprint density at radius 1 is 1.46 bits per heavy atom. The van der Waals surface area contributed by atoms with Crippen molar-refractivity contribution >= 4 is 19.1 Å². The van der Waals surface area contributed by atoms with Crippen molar-refractivity contribution in [2.24, 2.45) is 0 Å². The lowest BCUT2D eigenvalue weighted by molar-refractivity contribution is -0.128. The molecule has 0 aliphatic heterocycles. The van der Waals surface area contributed by atoms with Crippen LogP contribution in [-0.4, -0.2) is 31.5 Å². The average molecular weight is 206 g/mol. The first-order valence-corrected chi connectivity index (χ1v) is 5.00. The van der Waals surface area contributed by atoms with Gasteiger partial charge in [-0.15, -0.1) is 0 Å². The lowest BCUT2D eigenvalue weighted by atomic mass is 10.1. The van der Waals surface area contributed by atoms with Gasteiger partial charge in [-0.3, -0.25) is 4.79 Å². The van der Waals surface area contributed by atoms with Crippen LogP contribution >= 0.6 is 12.6 Å². The van der Waals surface area contributed by atoms with E-state index in [-0.39, 0.29) is 11.4 Å². The van der Waals surface area contributed by atoms with Gasteiger partial charge in [0.15, 0.2) is 0 Å². The molecule has 0 aliphatic rings. The van der Waals surface area contributed by atoms with Crippen LogP contribution in [0.15, 0.2) is 0 Å². The average Bonchev–Trinajstić information content (AvgIpc) is 2.10. The molecule has 13 heavy (non-hydrogen) atoms. The molecule has 0 aromatic heterocycles. The molecule has 0 rings (SSSR count). The summed E-state index contributed by atoms with van der Waals surface area (Å²) < 4.78 is 9.80. The van der Waals surface area contributed by atoms with Crippen molar-refractivity contribution in [3.63, 3.8) is 0 Å². The van der Waals surface area contributed by atoms with Gasteiger partial charge in [0, 0.05) is 12.4 Å². The predicted octanol–water partition coefficient (Wildman–Crippen LogP) is 1.66. The maximum absolute atomic E-state index is 9.81. The zero-order chi connectivity index (χ0) is 10.1. The number of carbonyl (C=O) groups is 1. The van der Waals surface area contributed by atoms with E-state index in [1.54, 1.807) is 7.11 Å². The Kier molecular flexibility index (Phi) is 8.24. The van der Waals surface area contributed by atoms with Crippen LogP contribution in [0.5, 0.6) is 0 Å². The summed E-state index contributed by atoms with van der Waals surface area (Å²) >= 11 is 4.30. The van der Waals surface area contributed by atoms with E-state index < -0.39 is 0 Å². The fraction of sp³-hybridized carbons (Fsp3) is 0.889. The number of hydrogen-bond donors (Lipinski definition) is 1. The van der Waals surface area contributed by atoms with Gasteiger partial charge in [0.2, 0.25) is 0 Å². The van der Waals surface area contributed by atoms with E-state index in [0.29, 0.717) is 13.1 Å². The Hall–Kier alpha value is -0.220. The molecule has 4 heteroatoms. The van der Waals surface area contributed by atoms with Gasteiger partial charge in [-0.05, 0) is 19.3 Å². The smallest absolute Gasteiger partial charge is 0.293 e. The van der Waals surface area contributed by atoms with Gasteiger partial charge < -0.3 is 9.47 Å². The van der Waals surface area contributed by atoms with Crippen molar-refractivity contribution in [3.05, 3.63) is 0 Å². The first-order valence-electron chi connectivity index (χ1n) is 4.48. The SMILES string of the molecule is COC(CCCCOC=O)C(C)S. The lowest BCUT2D eigenvalue weighted by Crippen LogP contribution is -2.20. The summed E-state index contributed by atoms with van der Waals surface area (Å²) in [6.07, 6.45) is 3.04. The quantitative estimate of drug-likeness (QED) is 0.373. The van der Waals surface area contributed by atoms with E-state index in [1.807, 2.05) is 6.92 Å². The standard InChI is InChI=1S/C9H18O3S/c1-8(13)9(11-2)5-3-4-6-12-7-10/h7-9,13H,3-6H2,1-2H3. The topological polar surface area (TPSA) is 35.5 Å². The second kappa shape index (κ2) is 8.38. The molecule has 0 fully saturated rings. The lowest BCUT2D eigenvalue weighted by Gasteiger charge is -2.17. The molecule has 0 aromatic rings. The third kappa shape index (κ3) is 6.90. The van der Waals surface area contributed by atoms with E-state index in [4.69, 9.17) is 4.74 Å². The fourth-order valence-electron chi connectivity index (χ4n) is 1.14. The van der Waals surface area contributed by atoms with E-state index in [2.05, 4.69) is 17.4 Å².